The molecule has 1 aromatic heterocycles. The van der Waals surface area contributed by atoms with Gasteiger partial charge in [0.25, 0.3) is 5.56 Å². The number of carbonyl (C=O) groups excluding carboxylic acids is 1. The minimum absolute atomic E-state index is 0.0559. The van der Waals surface area contributed by atoms with Crippen LogP contribution in [0.5, 0.6) is 0 Å². The first-order valence-electron chi connectivity index (χ1n) is 8.84. The number of anilines is 1. The lowest BCUT2D eigenvalue weighted by atomic mass is 10.1. The number of oxime groups is 1. The molecule has 6 N–H and O–H groups in total. The largest absolute Gasteiger partial charge is 0.392 e. The van der Waals surface area contributed by atoms with Crippen LogP contribution >= 0.6 is 0 Å². The number of aldehydes is 1. The molecule has 1 aromatic carbocycles. The predicted molar refractivity (Wildman–Crippen MR) is 107 cm³/mol. The van der Waals surface area contributed by atoms with Gasteiger partial charge in [-0.25, -0.2) is 9.37 Å². The maximum Gasteiger partial charge on any atom is 0.295 e. The maximum atomic E-state index is 14.3. The Morgan fingerprint density at radius 2 is 2.10 bits per heavy atom. The third-order valence-corrected chi connectivity index (χ3v) is 3.92. The van der Waals surface area contributed by atoms with E-state index in [0.29, 0.717) is 17.5 Å². The van der Waals surface area contributed by atoms with Crippen molar-refractivity contribution in [1.82, 2.24) is 14.9 Å². The highest BCUT2D eigenvalue weighted by molar-refractivity contribution is 5.74. The lowest BCUT2D eigenvalue weighted by Crippen LogP contribution is -2.39. The van der Waals surface area contributed by atoms with Crippen LogP contribution in [0, 0.1) is 6.92 Å². The topological polar surface area (TPSA) is 150 Å². The molecule has 0 aliphatic carbocycles. The van der Waals surface area contributed by atoms with Crippen LogP contribution < -0.4 is 27.7 Å². The fourth-order valence-corrected chi connectivity index (χ4v) is 2.56. The number of benzene rings is 1. The Kier molecular flexibility index (Phi) is 8.10. The van der Waals surface area contributed by atoms with Gasteiger partial charge in [0.1, 0.15) is 18.9 Å². The van der Waals surface area contributed by atoms with E-state index in [1.165, 1.54) is 10.8 Å². The molecule has 0 amide bonds. The Labute approximate surface area is 166 Å². The molecular formula is C18H24FN7O3. The van der Waals surface area contributed by atoms with Gasteiger partial charge in [0.05, 0.1) is 6.54 Å². The van der Waals surface area contributed by atoms with Crippen molar-refractivity contribution in [3.63, 3.8) is 0 Å². The maximum absolute atomic E-state index is 14.3. The summed E-state index contributed by atoms with van der Waals surface area (Å²) in [6, 6.07) is 8.57. The number of aromatic nitrogens is 2. The normalized spacial score (nSPS) is 12.6. The zero-order valence-corrected chi connectivity index (χ0v) is 15.9. The van der Waals surface area contributed by atoms with Crippen LogP contribution in [-0.4, -0.2) is 41.5 Å². The molecule has 0 radical (unpaired) electrons. The molecule has 29 heavy (non-hydrogen) atoms. The standard InChI is InChI=1S/C18H24FN7O3/c1-12-9-23-16(24-10-14(19)13-5-3-2-4-6-13)17(28)26(12)15(11-27)22-7-8-29-25-18(20)21/h2-6,9,11,14-15,22H,7-8,10H2,1H3,(H,23,24)(H4,20,21,25). The van der Waals surface area contributed by atoms with Crippen molar-refractivity contribution >= 4 is 18.1 Å². The summed E-state index contributed by atoms with van der Waals surface area (Å²) in [5.41, 5.74) is 10.7. The number of aryl methyl sites for hydroxylation is 1. The van der Waals surface area contributed by atoms with Crippen LogP contribution in [0.3, 0.4) is 0 Å². The van der Waals surface area contributed by atoms with E-state index < -0.39 is 17.9 Å². The third kappa shape index (κ3) is 6.28. The van der Waals surface area contributed by atoms with Crippen LogP contribution in [0.25, 0.3) is 0 Å². The zero-order chi connectivity index (χ0) is 21.2. The van der Waals surface area contributed by atoms with Crippen LogP contribution in [0.2, 0.25) is 0 Å². The van der Waals surface area contributed by atoms with E-state index in [9.17, 15) is 14.0 Å². The second-order valence-corrected chi connectivity index (χ2v) is 6.07. The Hall–Kier alpha value is -3.47. The fourth-order valence-electron chi connectivity index (χ4n) is 2.56. The van der Waals surface area contributed by atoms with E-state index in [0.717, 1.165) is 0 Å². The summed E-state index contributed by atoms with van der Waals surface area (Å²) in [6.45, 7) is 1.76. The summed E-state index contributed by atoms with van der Waals surface area (Å²) in [6.07, 6.45) is -0.294. The Bertz CT molecular complexity index is 885. The molecular weight excluding hydrogens is 381 g/mol. The minimum atomic E-state index is -1.32. The molecule has 0 spiro atoms. The highest BCUT2D eigenvalue weighted by Crippen LogP contribution is 2.16. The molecule has 0 aliphatic heterocycles. The Balaban J connectivity index is 2.07. The van der Waals surface area contributed by atoms with E-state index in [2.05, 4.69) is 20.8 Å². The van der Waals surface area contributed by atoms with Crippen molar-refractivity contribution in [2.75, 3.05) is 25.0 Å². The highest BCUT2D eigenvalue weighted by Gasteiger charge is 2.17. The SMILES string of the molecule is Cc1cnc(NCC(F)c2ccccc2)c(=O)n1C(C=O)NCCON=C(N)N. The summed E-state index contributed by atoms with van der Waals surface area (Å²) < 4.78 is 15.6. The Morgan fingerprint density at radius 3 is 2.76 bits per heavy atom. The number of hydrogen-bond acceptors (Lipinski definition) is 7. The fraction of sp³-hybridized carbons (Fsp3) is 0.333. The molecule has 0 saturated heterocycles. The number of guanidine groups is 1. The van der Waals surface area contributed by atoms with Gasteiger partial charge in [-0.2, -0.15) is 0 Å². The molecule has 0 bridgehead atoms. The Morgan fingerprint density at radius 1 is 1.38 bits per heavy atom. The van der Waals surface area contributed by atoms with Crippen LogP contribution in [0.15, 0.2) is 46.5 Å². The number of nitrogens with zero attached hydrogens (tertiary/aromatic N) is 3. The number of rotatable bonds is 11. The average Bonchev–Trinajstić information content (AvgIpc) is 2.71. The van der Waals surface area contributed by atoms with Gasteiger partial charge in [-0.05, 0) is 17.6 Å². The number of alkyl halides is 1. The predicted octanol–water partition coefficient (Wildman–Crippen LogP) is 0.167. The molecule has 1 heterocycles. The second kappa shape index (κ2) is 10.8. The lowest BCUT2D eigenvalue weighted by molar-refractivity contribution is -0.111. The number of hydrogen-bond donors (Lipinski definition) is 4. The zero-order valence-electron chi connectivity index (χ0n) is 15.9. The first-order valence-corrected chi connectivity index (χ1v) is 8.84. The average molecular weight is 405 g/mol. The lowest BCUT2D eigenvalue weighted by Gasteiger charge is -2.19. The van der Waals surface area contributed by atoms with Gasteiger partial charge >= 0.3 is 0 Å². The van der Waals surface area contributed by atoms with Gasteiger partial charge in [-0.1, -0.05) is 30.3 Å². The number of nitrogens with one attached hydrogen (secondary N) is 2. The van der Waals surface area contributed by atoms with Crippen LogP contribution in [0.4, 0.5) is 10.2 Å². The molecule has 10 nitrogen and oxygen atoms in total. The third-order valence-electron chi connectivity index (χ3n) is 3.92. The van der Waals surface area contributed by atoms with Gasteiger partial charge in [0, 0.05) is 18.4 Å². The highest BCUT2D eigenvalue weighted by atomic mass is 19.1. The molecule has 0 saturated carbocycles. The van der Waals surface area contributed by atoms with Crippen molar-refractivity contribution in [3.05, 3.63) is 58.1 Å². The van der Waals surface area contributed by atoms with Gasteiger partial charge in [0.15, 0.2) is 12.1 Å². The number of carbonyl (C=O) groups is 1. The summed E-state index contributed by atoms with van der Waals surface area (Å²) in [4.78, 5) is 33.1. The van der Waals surface area contributed by atoms with Gasteiger partial charge in [0.2, 0.25) is 5.96 Å². The monoisotopic (exact) mass is 405 g/mol. The van der Waals surface area contributed by atoms with Crippen LogP contribution in [0.1, 0.15) is 23.6 Å². The molecule has 2 unspecified atom stereocenters. The first kappa shape index (κ1) is 21.8. The van der Waals surface area contributed by atoms with E-state index in [4.69, 9.17) is 16.3 Å². The summed E-state index contributed by atoms with van der Waals surface area (Å²) in [5, 5.41) is 8.92. The molecule has 156 valence electrons. The second-order valence-electron chi connectivity index (χ2n) is 6.07. The summed E-state index contributed by atoms with van der Waals surface area (Å²) in [5.74, 6) is -0.282. The van der Waals surface area contributed by atoms with E-state index >= 15 is 0 Å². The van der Waals surface area contributed by atoms with Crippen molar-refractivity contribution in [2.24, 2.45) is 16.6 Å². The minimum Gasteiger partial charge on any atom is -0.392 e. The number of halogens is 1. The smallest absolute Gasteiger partial charge is 0.295 e. The molecule has 2 rings (SSSR count). The van der Waals surface area contributed by atoms with E-state index in [1.54, 1.807) is 37.3 Å². The quantitative estimate of drug-likeness (QED) is 0.136. The van der Waals surface area contributed by atoms with Crippen molar-refractivity contribution < 1.29 is 14.0 Å². The molecule has 0 aliphatic rings. The van der Waals surface area contributed by atoms with Crippen LogP contribution in [-0.2, 0) is 9.63 Å². The van der Waals surface area contributed by atoms with Gasteiger partial charge < -0.3 is 21.6 Å². The van der Waals surface area contributed by atoms with Crippen molar-refractivity contribution in [1.29, 1.82) is 0 Å². The van der Waals surface area contributed by atoms with Crippen molar-refractivity contribution in [3.8, 4) is 0 Å². The molecule has 0 fully saturated rings. The van der Waals surface area contributed by atoms with Gasteiger partial charge in [-0.3, -0.25) is 19.5 Å². The van der Waals surface area contributed by atoms with E-state index in [1.807, 2.05) is 0 Å². The molecule has 2 atom stereocenters. The number of nitrogens with two attached hydrogens (primary N) is 2. The first-order chi connectivity index (χ1) is 13.9. The van der Waals surface area contributed by atoms with E-state index in [-0.39, 0.29) is 31.5 Å². The molecule has 2 aromatic rings. The summed E-state index contributed by atoms with van der Waals surface area (Å²) in [7, 11) is 0. The van der Waals surface area contributed by atoms with Gasteiger partial charge in [-0.15, -0.1) is 0 Å². The summed E-state index contributed by atoms with van der Waals surface area (Å²) >= 11 is 0. The van der Waals surface area contributed by atoms with Crippen molar-refractivity contribution in [2.45, 2.75) is 19.3 Å². The molecule has 11 heteroatoms.